The first-order chi connectivity index (χ1) is 16.8. The molecule has 2 rings (SSSR count). The zero-order valence-corrected chi connectivity index (χ0v) is 22.5. The maximum absolute atomic E-state index is 14.0. The van der Waals surface area contributed by atoms with Crippen LogP contribution < -0.4 is 16.4 Å². The first-order valence-corrected chi connectivity index (χ1v) is 12.8. The number of carbonyl (C=O) groups is 4. The number of hydrogen-bond donors (Lipinski definition) is 3. The molecule has 36 heavy (non-hydrogen) atoms. The highest BCUT2D eigenvalue weighted by molar-refractivity contribution is 5.94. The zero-order chi connectivity index (χ0) is 27.0. The second-order valence-corrected chi connectivity index (χ2v) is 10.6. The number of nitrogens with one attached hydrogen (secondary N) is 2. The number of alkyl carbamates (subject to hydrolysis) is 1. The van der Waals surface area contributed by atoms with Crippen LogP contribution in [-0.2, 0) is 19.1 Å². The average molecular weight is 503 g/mol. The van der Waals surface area contributed by atoms with Crippen LogP contribution in [0.3, 0.4) is 0 Å². The number of hydrogen-bond acceptors (Lipinski definition) is 5. The smallest absolute Gasteiger partial charge is 0.408 e. The van der Waals surface area contributed by atoms with Gasteiger partial charge >= 0.3 is 6.09 Å². The summed E-state index contributed by atoms with van der Waals surface area (Å²) >= 11 is 0. The summed E-state index contributed by atoms with van der Waals surface area (Å²) < 4.78 is 5.32. The van der Waals surface area contributed by atoms with Crippen LogP contribution in [0.4, 0.5) is 4.79 Å². The standard InChI is InChI=1S/C27H42N4O5/c1-7-8-14-29-24(33)23(19-13-12-17(2)18(3)15-19)31(20-10-9-11-20)25(34)21(16-22(28)32)30-26(35)36-27(4,5)6/h12-13,15,20-21,23H,7-11,14,16H2,1-6H3,(H2,28,32)(H,29,33)(H,30,35). The number of primary amides is 1. The van der Waals surface area contributed by atoms with Gasteiger partial charge in [-0.15, -0.1) is 0 Å². The zero-order valence-electron chi connectivity index (χ0n) is 22.5. The summed E-state index contributed by atoms with van der Waals surface area (Å²) in [6, 6.07) is 3.35. The Morgan fingerprint density at radius 3 is 2.31 bits per heavy atom. The maximum atomic E-state index is 14.0. The minimum atomic E-state index is -1.25. The molecule has 0 spiro atoms. The van der Waals surface area contributed by atoms with E-state index in [1.165, 1.54) is 0 Å². The lowest BCUT2D eigenvalue weighted by Crippen LogP contribution is -2.58. The van der Waals surface area contributed by atoms with Gasteiger partial charge < -0.3 is 26.0 Å². The minimum Gasteiger partial charge on any atom is -0.444 e. The Kier molecular flexibility index (Phi) is 10.3. The van der Waals surface area contributed by atoms with Crippen molar-refractivity contribution in [2.45, 2.75) is 104 Å². The van der Waals surface area contributed by atoms with Crippen molar-refractivity contribution in [2.24, 2.45) is 5.73 Å². The third-order valence-electron chi connectivity index (χ3n) is 6.32. The van der Waals surface area contributed by atoms with Crippen molar-refractivity contribution in [2.75, 3.05) is 6.54 Å². The van der Waals surface area contributed by atoms with Crippen LogP contribution in [-0.4, -0.2) is 52.9 Å². The van der Waals surface area contributed by atoms with Gasteiger partial charge in [0.15, 0.2) is 0 Å². The fourth-order valence-corrected chi connectivity index (χ4v) is 4.07. The van der Waals surface area contributed by atoms with Crippen LogP contribution in [0.15, 0.2) is 18.2 Å². The van der Waals surface area contributed by atoms with Crippen molar-refractivity contribution in [1.29, 1.82) is 0 Å². The number of aryl methyl sites for hydroxylation is 2. The van der Waals surface area contributed by atoms with Crippen molar-refractivity contribution in [3.05, 3.63) is 34.9 Å². The Bertz CT molecular complexity index is 952. The molecule has 1 aromatic carbocycles. The summed E-state index contributed by atoms with van der Waals surface area (Å²) in [5.74, 6) is -1.56. The molecule has 1 aromatic rings. The molecule has 1 saturated carbocycles. The van der Waals surface area contributed by atoms with Gasteiger partial charge in [-0.25, -0.2) is 4.79 Å². The highest BCUT2D eigenvalue weighted by Crippen LogP contribution is 2.34. The normalized spacial score (nSPS) is 15.3. The number of carbonyl (C=O) groups excluding carboxylic acids is 4. The van der Waals surface area contributed by atoms with Crippen LogP contribution in [0.2, 0.25) is 0 Å². The largest absolute Gasteiger partial charge is 0.444 e. The number of amides is 4. The highest BCUT2D eigenvalue weighted by atomic mass is 16.6. The molecule has 2 atom stereocenters. The van der Waals surface area contributed by atoms with Crippen molar-refractivity contribution in [3.8, 4) is 0 Å². The monoisotopic (exact) mass is 502 g/mol. The summed E-state index contributed by atoms with van der Waals surface area (Å²) in [6.45, 7) is 11.6. The van der Waals surface area contributed by atoms with Crippen LogP contribution >= 0.6 is 0 Å². The molecule has 9 nitrogen and oxygen atoms in total. The van der Waals surface area contributed by atoms with Crippen molar-refractivity contribution in [3.63, 3.8) is 0 Å². The fraction of sp³-hybridized carbons (Fsp3) is 0.630. The number of rotatable bonds is 11. The Morgan fingerprint density at radius 2 is 1.81 bits per heavy atom. The van der Waals surface area contributed by atoms with Crippen molar-refractivity contribution >= 4 is 23.8 Å². The Balaban J connectivity index is 2.49. The van der Waals surface area contributed by atoms with Crippen LogP contribution in [0.5, 0.6) is 0 Å². The average Bonchev–Trinajstić information content (AvgIpc) is 2.72. The second kappa shape index (κ2) is 12.7. The number of unbranched alkanes of at least 4 members (excludes halogenated alkanes) is 1. The van der Waals surface area contributed by atoms with Gasteiger partial charge in [-0.3, -0.25) is 14.4 Å². The van der Waals surface area contributed by atoms with Gasteiger partial charge in [0.1, 0.15) is 17.7 Å². The topological polar surface area (TPSA) is 131 Å². The molecule has 1 aliphatic rings. The summed E-state index contributed by atoms with van der Waals surface area (Å²) in [5, 5.41) is 5.49. The molecule has 0 aromatic heterocycles. The predicted molar refractivity (Wildman–Crippen MR) is 138 cm³/mol. The van der Waals surface area contributed by atoms with Crippen LogP contribution in [0.25, 0.3) is 0 Å². The van der Waals surface area contributed by atoms with E-state index in [0.717, 1.165) is 43.2 Å². The molecule has 0 heterocycles. The first-order valence-electron chi connectivity index (χ1n) is 12.8. The predicted octanol–water partition coefficient (Wildman–Crippen LogP) is 3.41. The third kappa shape index (κ3) is 8.24. The molecular formula is C27H42N4O5. The van der Waals surface area contributed by atoms with E-state index in [2.05, 4.69) is 10.6 Å². The molecule has 9 heteroatoms. The molecule has 4 amide bonds. The Labute approximate surface area is 214 Å². The van der Waals surface area contributed by atoms with Gasteiger partial charge in [0.05, 0.1) is 6.42 Å². The van der Waals surface area contributed by atoms with Gasteiger partial charge in [-0.1, -0.05) is 31.5 Å². The summed E-state index contributed by atoms with van der Waals surface area (Å²) in [6.07, 6.45) is 2.87. The van der Waals surface area contributed by atoms with Gasteiger partial charge in [0.2, 0.25) is 17.7 Å². The third-order valence-corrected chi connectivity index (χ3v) is 6.32. The lowest BCUT2D eigenvalue weighted by Gasteiger charge is -2.43. The molecule has 1 fully saturated rings. The van der Waals surface area contributed by atoms with Gasteiger partial charge in [0.25, 0.3) is 0 Å². The summed E-state index contributed by atoms with van der Waals surface area (Å²) in [4.78, 5) is 53.5. The van der Waals surface area contributed by atoms with Crippen molar-refractivity contribution < 1.29 is 23.9 Å². The number of nitrogens with zero attached hydrogens (tertiary/aromatic N) is 1. The SMILES string of the molecule is CCCCNC(=O)C(c1ccc(C)c(C)c1)N(C(=O)C(CC(N)=O)NC(=O)OC(C)(C)C)C1CCC1. The molecule has 0 radical (unpaired) electrons. The summed E-state index contributed by atoms with van der Waals surface area (Å²) in [7, 11) is 0. The van der Waals surface area contributed by atoms with E-state index >= 15 is 0 Å². The molecule has 0 aliphatic heterocycles. The first kappa shape index (κ1) is 29.1. The van der Waals surface area contributed by atoms with E-state index in [9.17, 15) is 19.2 Å². The minimum absolute atomic E-state index is 0.197. The Morgan fingerprint density at radius 1 is 1.14 bits per heavy atom. The van der Waals surface area contributed by atoms with Gasteiger partial charge in [-0.05, 0) is 77.0 Å². The second-order valence-electron chi connectivity index (χ2n) is 10.6. The quantitative estimate of drug-likeness (QED) is 0.399. The van der Waals surface area contributed by atoms with Crippen molar-refractivity contribution in [1.82, 2.24) is 15.5 Å². The number of nitrogens with two attached hydrogens (primary N) is 1. The molecule has 0 bridgehead atoms. The van der Waals surface area contributed by atoms with Crippen LogP contribution in [0.1, 0.15) is 89.0 Å². The lowest BCUT2D eigenvalue weighted by molar-refractivity contribution is -0.148. The number of benzene rings is 1. The highest BCUT2D eigenvalue weighted by Gasteiger charge is 2.42. The van der Waals surface area contributed by atoms with E-state index < -0.39 is 42.0 Å². The van der Waals surface area contributed by atoms with E-state index in [4.69, 9.17) is 10.5 Å². The van der Waals surface area contributed by atoms with Gasteiger partial charge in [0, 0.05) is 12.6 Å². The molecular weight excluding hydrogens is 460 g/mol. The Hall–Kier alpha value is -3.10. The van der Waals surface area contributed by atoms with E-state index in [0.29, 0.717) is 12.1 Å². The molecule has 2 unspecified atom stereocenters. The summed E-state index contributed by atoms with van der Waals surface area (Å²) in [5.41, 5.74) is 7.40. The van der Waals surface area contributed by atoms with Gasteiger partial charge in [-0.2, -0.15) is 0 Å². The van der Waals surface area contributed by atoms with E-state index in [1.807, 2.05) is 39.0 Å². The number of ether oxygens (including phenoxy) is 1. The van der Waals surface area contributed by atoms with E-state index in [-0.39, 0.29) is 11.9 Å². The maximum Gasteiger partial charge on any atom is 0.408 e. The van der Waals surface area contributed by atoms with E-state index in [1.54, 1.807) is 25.7 Å². The lowest BCUT2D eigenvalue weighted by atomic mass is 9.87. The molecule has 0 saturated heterocycles. The molecule has 4 N–H and O–H groups in total. The van der Waals surface area contributed by atoms with Crippen LogP contribution in [0, 0.1) is 13.8 Å². The fourth-order valence-electron chi connectivity index (χ4n) is 4.07. The molecule has 1 aliphatic carbocycles. The molecule has 200 valence electrons.